The summed E-state index contributed by atoms with van der Waals surface area (Å²) >= 11 is 1.82. The molecule has 6 nitrogen and oxygen atoms in total. The third-order valence-corrected chi connectivity index (χ3v) is 4.96. The second-order valence-electron chi connectivity index (χ2n) is 6.00. The molecule has 128 valence electrons. The fourth-order valence-corrected chi connectivity index (χ4v) is 3.71. The van der Waals surface area contributed by atoms with E-state index in [0.29, 0.717) is 0 Å². The minimum Gasteiger partial charge on any atom is -0.357 e. The van der Waals surface area contributed by atoms with Gasteiger partial charge in [-0.2, -0.15) is 0 Å². The maximum Gasteiger partial charge on any atom is 0.243 e. The maximum atomic E-state index is 11.7. The number of nitrogens with one attached hydrogen (secondary N) is 1. The van der Waals surface area contributed by atoms with Crippen LogP contribution in [0.25, 0.3) is 0 Å². The minimum absolute atomic E-state index is 0.00137. The Bertz CT molecular complexity index is 543. The average molecular weight is 337 g/mol. The lowest BCUT2D eigenvalue weighted by Gasteiger charge is -2.21. The normalized spacial score (nSPS) is 14.3. The summed E-state index contributed by atoms with van der Waals surface area (Å²) in [6, 6.07) is 0. The highest BCUT2D eigenvalue weighted by Gasteiger charge is 2.17. The second-order valence-corrected chi connectivity index (χ2v) is 7.17. The molecule has 0 fully saturated rings. The molecule has 0 saturated heterocycles. The number of thiazole rings is 1. The van der Waals surface area contributed by atoms with E-state index in [1.54, 1.807) is 19.0 Å². The van der Waals surface area contributed by atoms with Gasteiger partial charge in [-0.15, -0.1) is 11.3 Å². The van der Waals surface area contributed by atoms with Crippen LogP contribution in [0, 0.1) is 0 Å². The summed E-state index contributed by atoms with van der Waals surface area (Å²) in [5.74, 6) is 0.745. The zero-order valence-corrected chi connectivity index (χ0v) is 15.4. The van der Waals surface area contributed by atoms with E-state index in [-0.39, 0.29) is 12.5 Å². The highest BCUT2D eigenvalue weighted by Crippen LogP contribution is 2.27. The number of carbonyl (C=O) groups excluding carboxylic acids is 1. The van der Waals surface area contributed by atoms with Gasteiger partial charge < -0.3 is 15.1 Å². The van der Waals surface area contributed by atoms with E-state index in [1.807, 2.05) is 30.2 Å². The maximum absolute atomic E-state index is 11.7. The number of fused-ring (bicyclic) bond motifs is 1. The van der Waals surface area contributed by atoms with Crippen molar-refractivity contribution in [3.63, 3.8) is 0 Å². The van der Waals surface area contributed by atoms with Crippen molar-refractivity contribution < 1.29 is 4.79 Å². The molecular formula is C16H27N5OS. The van der Waals surface area contributed by atoms with Crippen LogP contribution in [0.2, 0.25) is 0 Å². The standard InChI is InChI=1S/C16H27N5OS/c1-5-17-16(18-10-15(22)20(2)3)21(4)11-14-19-12-8-6-7-9-13(12)23-14/h5-11H2,1-4H3,(H,17,18). The molecule has 1 N–H and O–H groups in total. The number of rotatable bonds is 5. The van der Waals surface area contributed by atoms with Gasteiger partial charge in [-0.1, -0.05) is 0 Å². The van der Waals surface area contributed by atoms with E-state index in [9.17, 15) is 4.79 Å². The smallest absolute Gasteiger partial charge is 0.243 e. The van der Waals surface area contributed by atoms with Crippen LogP contribution >= 0.6 is 11.3 Å². The van der Waals surface area contributed by atoms with Crippen LogP contribution < -0.4 is 5.32 Å². The zero-order chi connectivity index (χ0) is 16.8. The first-order valence-electron chi connectivity index (χ1n) is 8.18. The summed E-state index contributed by atoms with van der Waals surface area (Å²) < 4.78 is 0. The summed E-state index contributed by atoms with van der Waals surface area (Å²) in [4.78, 5) is 26.0. The Labute approximate surface area is 142 Å². The number of guanidine groups is 1. The number of aromatic nitrogens is 1. The van der Waals surface area contributed by atoms with Gasteiger partial charge in [0.05, 0.1) is 12.2 Å². The van der Waals surface area contributed by atoms with E-state index in [2.05, 4.69) is 10.3 Å². The molecule has 0 saturated carbocycles. The third kappa shape index (κ3) is 4.92. The summed E-state index contributed by atoms with van der Waals surface area (Å²) in [6.07, 6.45) is 4.81. The number of carbonyl (C=O) groups is 1. The van der Waals surface area contributed by atoms with Crippen LogP contribution in [0.4, 0.5) is 0 Å². The zero-order valence-electron chi connectivity index (χ0n) is 14.6. The van der Waals surface area contributed by atoms with Crippen molar-refractivity contribution in [2.75, 3.05) is 34.2 Å². The fourth-order valence-electron chi connectivity index (χ4n) is 2.50. The Hall–Kier alpha value is -1.63. The van der Waals surface area contributed by atoms with E-state index in [4.69, 9.17) is 4.98 Å². The highest BCUT2D eigenvalue weighted by atomic mass is 32.1. The van der Waals surface area contributed by atoms with E-state index in [1.165, 1.54) is 29.8 Å². The summed E-state index contributed by atoms with van der Waals surface area (Å²) in [7, 11) is 5.48. The molecule has 0 radical (unpaired) electrons. The lowest BCUT2D eigenvalue weighted by Crippen LogP contribution is -2.39. The second kappa shape index (κ2) is 8.29. The van der Waals surface area contributed by atoms with Crippen LogP contribution in [-0.4, -0.2) is 60.9 Å². The monoisotopic (exact) mass is 337 g/mol. The summed E-state index contributed by atoms with van der Waals surface area (Å²) in [6.45, 7) is 3.68. The van der Waals surface area contributed by atoms with Gasteiger partial charge in [0.1, 0.15) is 11.6 Å². The van der Waals surface area contributed by atoms with Crippen molar-refractivity contribution >= 4 is 23.2 Å². The van der Waals surface area contributed by atoms with Gasteiger partial charge in [-0.3, -0.25) is 4.79 Å². The molecule has 0 aromatic carbocycles. The number of aryl methyl sites for hydroxylation is 2. The first kappa shape index (κ1) is 17.7. The summed E-state index contributed by atoms with van der Waals surface area (Å²) in [5.41, 5.74) is 1.29. The Balaban J connectivity index is 2.02. The van der Waals surface area contributed by atoms with Crippen molar-refractivity contribution in [1.29, 1.82) is 0 Å². The number of amides is 1. The molecule has 1 aliphatic rings. The Morgan fingerprint density at radius 2 is 2.04 bits per heavy atom. The lowest BCUT2D eigenvalue weighted by atomic mass is 10.0. The quantitative estimate of drug-likeness (QED) is 0.653. The Kier molecular flexibility index (Phi) is 6.38. The lowest BCUT2D eigenvalue weighted by molar-refractivity contribution is -0.127. The van der Waals surface area contributed by atoms with Crippen LogP contribution in [0.1, 0.15) is 35.3 Å². The number of nitrogens with zero attached hydrogens (tertiary/aromatic N) is 4. The van der Waals surface area contributed by atoms with Crippen molar-refractivity contribution in [1.82, 2.24) is 20.1 Å². The number of likely N-dealkylation sites (N-methyl/N-ethyl adjacent to an activating group) is 1. The third-order valence-electron chi connectivity index (χ3n) is 3.82. The molecule has 1 aromatic heterocycles. The molecule has 1 heterocycles. The van der Waals surface area contributed by atoms with Crippen LogP contribution in [-0.2, 0) is 24.2 Å². The molecule has 1 aromatic rings. The van der Waals surface area contributed by atoms with Crippen molar-refractivity contribution in [3.8, 4) is 0 Å². The van der Waals surface area contributed by atoms with Gasteiger partial charge >= 0.3 is 0 Å². The molecule has 1 aliphatic carbocycles. The van der Waals surface area contributed by atoms with E-state index in [0.717, 1.165) is 30.5 Å². The van der Waals surface area contributed by atoms with Gasteiger partial charge in [-0.25, -0.2) is 9.98 Å². The van der Waals surface area contributed by atoms with Gasteiger partial charge in [0.15, 0.2) is 5.96 Å². The highest BCUT2D eigenvalue weighted by molar-refractivity contribution is 7.11. The SMILES string of the molecule is CCNC(=NCC(=O)N(C)C)N(C)Cc1nc2c(s1)CCCC2. The van der Waals surface area contributed by atoms with E-state index < -0.39 is 0 Å². The molecule has 0 unspecified atom stereocenters. The molecule has 2 rings (SSSR count). The molecule has 7 heteroatoms. The van der Waals surface area contributed by atoms with Gasteiger partial charge in [0.25, 0.3) is 0 Å². The molecular weight excluding hydrogens is 310 g/mol. The van der Waals surface area contributed by atoms with Gasteiger partial charge in [0, 0.05) is 32.6 Å². The number of aliphatic imine (C=N–C) groups is 1. The average Bonchev–Trinajstić information content (AvgIpc) is 2.92. The van der Waals surface area contributed by atoms with Crippen molar-refractivity contribution in [2.45, 2.75) is 39.2 Å². The van der Waals surface area contributed by atoms with E-state index >= 15 is 0 Å². The predicted molar refractivity (Wildman–Crippen MR) is 94.9 cm³/mol. The fraction of sp³-hybridized carbons (Fsp3) is 0.688. The van der Waals surface area contributed by atoms with Gasteiger partial charge in [-0.05, 0) is 32.6 Å². The van der Waals surface area contributed by atoms with Crippen LogP contribution in [0.3, 0.4) is 0 Å². The topological polar surface area (TPSA) is 60.8 Å². The molecule has 0 bridgehead atoms. The number of hydrogen-bond acceptors (Lipinski definition) is 4. The Morgan fingerprint density at radius 3 is 2.70 bits per heavy atom. The van der Waals surface area contributed by atoms with Crippen LogP contribution in [0.5, 0.6) is 0 Å². The molecule has 0 atom stereocenters. The number of hydrogen-bond donors (Lipinski definition) is 1. The van der Waals surface area contributed by atoms with Crippen molar-refractivity contribution in [2.24, 2.45) is 4.99 Å². The Morgan fingerprint density at radius 1 is 1.30 bits per heavy atom. The molecule has 23 heavy (non-hydrogen) atoms. The first-order valence-corrected chi connectivity index (χ1v) is 9.00. The minimum atomic E-state index is -0.00137. The first-order chi connectivity index (χ1) is 11.0. The molecule has 0 aliphatic heterocycles. The van der Waals surface area contributed by atoms with Gasteiger partial charge in [0.2, 0.25) is 5.91 Å². The predicted octanol–water partition coefficient (Wildman–Crippen LogP) is 1.51. The van der Waals surface area contributed by atoms with Crippen molar-refractivity contribution in [3.05, 3.63) is 15.6 Å². The molecule has 1 amide bonds. The van der Waals surface area contributed by atoms with Crippen LogP contribution in [0.15, 0.2) is 4.99 Å². The largest absolute Gasteiger partial charge is 0.357 e. The molecule has 0 spiro atoms. The summed E-state index contributed by atoms with van der Waals surface area (Å²) in [5, 5.41) is 4.37.